The molecule has 25 heavy (non-hydrogen) atoms. The van der Waals surface area contributed by atoms with E-state index < -0.39 is 0 Å². The van der Waals surface area contributed by atoms with Gasteiger partial charge in [0.05, 0.1) is 24.2 Å². The Labute approximate surface area is 148 Å². The first-order valence-electron chi connectivity index (χ1n) is 7.43. The predicted octanol–water partition coefficient (Wildman–Crippen LogP) is 1.74. The van der Waals surface area contributed by atoms with E-state index in [-0.39, 0.29) is 23.5 Å². The number of benzene rings is 1. The van der Waals surface area contributed by atoms with Crippen LogP contribution in [0.25, 0.3) is 11.0 Å². The summed E-state index contributed by atoms with van der Waals surface area (Å²) >= 11 is 5.95. The third-order valence-electron chi connectivity index (χ3n) is 3.84. The Kier molecular flexibility index (Phi) is 4.45. The highest BCUT2D eigenvalue weighted by Crippen LogP contribution is 2.27. The van der Waals surface area contributed by atoms with E-state index in [4.69, 9.17) is 16.3 Å². The average molecular weight is 362 g/mol. The number of aromatic nitrogens is 4. The Morgan fingerprint density at radius 3 is 2.84 bits per heavy atom. The highest BCUT2D eigenvalue weighted by atomic mass is 35.5. The molecule has 0 unspecified atom stereocenters. The number of nitrogens with zero attached hydrogens (tertiary/aromatic N) is 4. The molecule has 0 aliphatic rings. The fraction of sp³-hybridized carbons (Fsp3) is 0.250. The first-order chi connectivity index (χ1) is 11.9. The van der Waals surface area contributed by atoms with Gasteiger partial charge in [0.2, 0.25) is 5.91 Å². The van der Waals surface area contributed by atoms with E-state index in [1.54, 1.807) is 29.9 Å². The van der Waals surface area contributed by atoms with Crippen LogP contribution in [-0.2, 0) is 18.4 Å². The number of hydrogen-bond acceptors (Lipinski definition) is 5. The zero-order chi connectivity index (χ0) is 18.1. The third kappa shape index (κ3) is 3.20. The van der Waals surface area contributed by atoms with Crippen molar-refractivity contribution in [3.63, 3.8) is 0 Å². The second-order valence-corrected chi connectivity index (χ2v) is 5.89. The Morgan fingerprint density at radius 1 is 1.36 bits per heavy atom. The Morgan fingerprint density at radius 2 is 2.12 bits per heavy atom. The summed E-state index contributed by atoms with van der Waals surface area (Å²) in [6.45, 7) is 1.65. The average Bonchev–Trinajstić information content (AvgIpc) is 2.88. The molecule has 0 saturated heterocycles. The molecule has 0 bridgehead atoms. The number of hydrogen-bond donors (Lipinski definition) is 1. The number of fused-ring (bicyclic) bond motifs is 1. The van der Waals surface area contributed by atoms with Gasteiger partial charge in [0.25, 0.3) is 5.56 Å². The van der Waals surface area contributed by atoms with E-state index >= 15 is 0 Å². The third-order valence-corrected chi connectivity index (χ3v) is 4.15. The molecule has 1 amide bonds. The summed E-state index contributed by atoms with van der Waals surface area (Å²) in [6, 6.07) is 4.87. The lowest BCUT2D eigenvalue weighted by atomic mass is 10.3. The summed E-state index contributed by atoms with van der Waals surface area (Å²) in [7, 11) is 3.23. The number of carbonyl (C=O) groups is 1. The summed E-state index contributed by atoms with van der Waals surface area (Å²) in [6.07, 6.45) is 1.35. The first-order valence-corrected chi connectivity index (χ1v) is 7.80. The number of nitrogens with one attached hydrogen (secondary N) is 1. The SMILES string of the molecule is COc1cc(NC(=O)Cn2cnc3c(C)n(C)nc3c2=O)ccc1Cl. The largest absolute Gasteiger partial charge is 0.495 e. The van der Waals surface area contributed by atoms with Crippen molar-refractivity contribution in [3.8, 4) is 5.75 Å². The van der Waals surface area contributed by atoms with Gasteiger partial charge in [0, 0.05) is 18.8 Å². The van der Waals surface area contributed by atoms with Gasteiger partial charge in [-0.15, -0.1) is 0 Å². The number of aryl methyl sites for hydroxylation is 2. The monoisotopic (exact) mass is 361 g/mol. The number of anilines is 1. The molecule has 1 N–H and O–H groups in total. The van der Waals surface area contributed by atoms with Crippen LogP contribution in [0.15, 0.2) is 29.3 Å². The zero-order valence-electron chi connectivity index (χ0n) is 13.9. The van der Waals surface area contributed by atoms with Gasteiger partial charge in [0.15, 0.2) is 5.52 Å². The fourth-order valence-electron chi connectivity index (χ4n) is 2.42. The van der Waals surface area contributed by atoms with Crippen LogP contribution in [0.4, 0.5) is 5.69 Å². The number of halogens is 1. The fourth-order valence-corrected chi connectivity index (χ4v) is 2.61. The molecule has 3 rings (SSSR count). The molecule has 0 spiro atoms. The molecule has 8 nitrogen and oxygen atoms in total. The normalized spacial score (nSPS) is 10.9. The standard InChI is InChI=1S/C16H16ClN5O3/c1-9-14-15(20-21(9)2)16(24)22(8-18-14)7-13(23)19-10-4-5-11(17)12(6-10)25-3/h4-6,8H,7H2,1-3H3,(H,19,23). The number of methoxy groups -OCH3 is 1. The maximum atomic E-state index is 12.5. The van der Waals surface area contributed by atoms with Crippen molar-refractivity contribution in [2.24, 2.45) is 7.05 Å². The van der Waals surface area contributed by atoms with Crippen LogP contribution in [0.5, 0.6) is 5.75 Å². The maximum Gasteiger partial charge on any atom is 0.282 e. The topological polar surface area (TPSA) is 91.0 Å². The Bertz CT molecular complexity index is 1020. The smallest absolute Gasteiger partial charge is 0.282 e. The highest BCUT2D eigenvalue weighted by Gasteiger charge is 2.14. The second-order valence-electron chi connectivity index (χ2n) is 5.48. The number of amides is 1. The lowest BCUT2D eigenvalue weighted by Crippen LogP contribution is -2.28. The van der Waals surface area contributed by atoms with E-state index in [0.29, 0.717) is 22.0 Å². The molecule has 1 aromatic carbocycles. The lowest BCUT2D eigenvalue weighted by Gasteiger charge is -2.09. The molecule has 0 atom stereocenters. The molecular formula is C16H16ClN5O3. The molecule has 0 aliphatic carbocycles. The Balaban J connectivity index is 1.83. The van der Waals surface area contributed by atoms with Crippen LogP contribution >= 0.6 is 11.6 Å². The molecule has 0 radical (unpaired) electrons. The van der Waals surface area contributed by atoms with Crippen molar-refractivity contribution in [1.29, 1.82) is 0 Å². The quantitative estimate of drug-likeness (QED) is 0.764. The number of rotatable bonds is 4. The van der Waals surface area contributed by atoms with Gasteiger partial charge in [-0.25, -0.2) is 4.98 Å². The molecule has 3 aromatic rings. The molecule has 0 saturated carbocycles. The number of carbonyl (C=O) groups excluding carboxylic acids is 1. The summed E-state index contributed by atoms with van der Waals surface area (Å²) < 4.78 is 7.91. The van der Waals surface area contributed by atoms with Gasteiger partial charge in [-0.05, 0) is 19.1 Å². The minimum absolute atomic E-state index is 0.178. The minimum Gasteiger partial charge on any atom is -0.495 e. The van der Waals surface area contributed by atoms with Gasteiger partial charge in [-0.2, -0.15) is 5.10 Å². The highest BCUT2D eigenvalue weighted by molar-refractivity contribution is 6.32. The van der Waals surface area contributed by atoms with Gasteiger partial charge >= 0.3 is 0 Å². The molecule has 2 aromatic heterocycles. The summed E-state index contributed by atoms with van der Waals surface area (Å²) in [5.74, 6) is 0.0731. The maximum absolute atomic E-state index is 12.5. The van der Waals surface area contributed by atoms with Gasteiger partial charge < -0.3 is 10.1 Å². The zero-order valence-corrected chi connectivity index (χ0v) is 14.7. The van der Waals surface area contributed by atoms with Crippen LogP contribution in [0.2, 0.25) is 5.02 Å². The molecule has 130 valence electrons. The van der Waals surface area contributed by atoms with Crippen molar-refractivity contribution in [3.05, 3.63) is 45.6 Å². The summed E-state index contributed by atoms with van der Waals surface area (Å²) in [4.78, 5) is 28.9. The van der Waals surface area contributed by atoms with Crippen LogP contribution in [0.1, 0.15) is 5.69 Å². The molecule has 2 heterocycles. The van der Waals surface area contributed by atoms with Crippen LogP contribution in [-0.4, -0.2) is 32.3 Å². The van der Waals surface area contributed by atoms with Crippen LogP contribution in [0.3, 0.4) is 0 Å². The van der Waals surface area contributed by atoms with Crippen LogP contribution in [0, 0.1) is 6.92 Å². The van der Waals surface area contributed by atoms with Gasteiger partial charge in [-0.1, -0.05) is 11.6 Å². The van der Waals surface area contributed by atoms with E-state index in [1.807, 2.05) is 6.92 Å². The molecule has 9 heteroatoms. The van der Waals surface area contributed by atoms with Crippen molar-refractivity contribution >= 4 is 34.2 Å². The van der Waals surface area contributed by atoms with Crippen LogP contribution < -0.4 is 15.6 Å². The van der Waals surface area contributed by atoms with Gasteiger partial charge in [0.1, 0.15) is 17.8 Å². The van der Waals surface area contributed by atoms with Crippen molar-refractivity contribution in [2.75, 3.05) is 12.4 Å². The molecule has 0 fully saturated rings. The van der Waals surface area contributed by atoms with Crippen molar-refractivity contribution in [2.45, 2.75) is 13.5 Å². The lowest BCUT2D eigenvalue weighted by molar-refractivity contribution is -0.116. The Hall–Kier alpha value is -2.87. The van der Waals surface area contributed by atoms with E-state index in [2.05, 4.69) is 15.4 Å². The van der Waals surface area contributed by atoms with Crippen molar-refractivity contribution in [1.82, 2.24) is 19.3 Å². The van der Waals surface area contributed by atoms with E-state index in [9.17, 15) is 9.59 Å². The molecule has 0 aliphatic heterocycles. The molecular weight excluding hydrogens is 346 g/mol. The van der Waals surface area contributed by atoms with Crippen molar-refractivity contribution < 1.29 is 9.53 Å². The van der Waals surface area contributed by atoms with E-state index in [0.717, 1.165) is 5.69 Å². The second kappa shape index (κ2) is 6.56. The summed E-state index contributed by atoms with van der Waals surface area (Å²) in [5.41, 5.74) is 1.71. The first kappa shape index (κ1) is 17.0. The number of ether oxygens (including phenoxy) is 1. The van der Waals surface area contributed by atoms with E-state index in [1.165, 1.54) is 18.0 Å². The minimum atomic E-state index is -0.375. The summed E-state index contributed by atoms with van der Waals surface area (Å²) in [5, 5.41) is 7.29. The van der Waals surface area contributed by atoms with Gasteiger partial charge in [-0.3, -0.25) is 18.8 Å². The predicted molar refractivity (Wildman–Crippen MR) is 94.1 cm³/mol.